The summed E-state index contributed by atoms with van der Waals surface area (Å²) in [5.41, 5.74) is 1.10. The van der Waals surface area contributed by atoms with Crippen LogP contribution in [-0.2, 0) is 6.54 Å². The molecule has 1 N–H and O–H groups in total. The van der Waals surface area contributed by atoms with Gasteiger partial charge in [-0.1, -0.05) is 6.92 Å². The number of hydrogen-bond acceptors (Lipinski definition) is 5. The summed E-state index contributed by atoms with van der Waals surface area (Å²) in [6, 6.07) is 1.99. The first-order valence-corrected chi connectivity index (χ1v) is 7.82. The van der Waals surface area contributed by atoms with Gasteiger partial charge in [0, 0.05) is 30.0 Å². The Kier molecular flexibility index (Phi) is 4.93. The molecule has 0 aliphatic carbocycles. The summed E-state index contributed by atoms with van der Waals surface area (Å²) in [5.74, 6) is 4.64. The number of thioether (sulfide) groups is 2. The molecule has 5 heteroatoms. The highest BCUT2D eigenvalue weighted by Gasteiger charge is 2.18. The Morgan fingerprint density at radius 2 is 2.44 bits per heavy atom. The molecule has 2 heterocycles. The highest BCUT2D eigenvalue weighted by molar-refractivity contribution is 8.06. The fourth-order valence-corrected chi connectivity index (χ4v) is 4.16. The fraction of sp³-hybridized carbons (Fsp3) is 0.636. The number of hydrogen-bond donors (Lipinski definition) is 1. The second kappa shape index (κ2) is 6.47. The Labute approximate surface area is 105 Å². The largest absolute Gasteiger partial charge is 0.311 e. The van der Waals surface area contributed by atoms with Crippen molar-refractivity contribution in [3.8, 4) is 0 Å². The van der Waals surface area contributed by atoms with Gasteiger partial charge in [-0.2, -0.15) is 11.8 Å². The Morgan fingerprint density at radius 1 is 1.50 bits per heavy atom. The molecule has 1 atom stereocenters. The molecule has 1 aromatic rings. The van der Waals surface area contributed by atoms with Gasteiger partial charge in [0.15, 0.2) is 0 Å². The van der Waals surface area contributed by atoms with E-state index in [4.69, 9.17) is 0 Å². The molecule has 0 spiro atoms. The number of nitrogens with zero attached hydrogens (tertiary/aromatic N) is 2. The Bertz CT molecular complexity index is 327. The van der Waals surface area contributed by atoms with E-state index in [1.807, 2.05) is 35.8 Å². The molecular weight excluding hydrogens is 238 g/mol. The van der Waals surface area contributed by atoms with Crippen LogP contribution in [0.5, 0.6) is 0 Å². The zero-order valence-corrected chi connectivity index (χ0v) is 11.1. The van der Waals surface area contributed by atoms with Crippen LogP contribution in [-0.4, -0.2) is 33.8 Å². The van der Waals surface area contributed by atoms with E-state index in [9.17, 15) is 0 Å². The van der Waals surface area contributed by atoms with E-state index in [1.54, 1.807) is 0 Å². The third-order valence-corrected chi connectivity index (χ3v) is 5.14. The normalized spacial score (nSPS) is 20.9. The summed E-state index contributed by atoms with van der Waals surface area (Å²) in [7, 11) is 0. The van der Waals surface area contributed by atoms with Gasteiger partial charge in [0.2, 0.25) is 0 Å². The molecule has 0 amide bonds. The molecule has 3 nitrogen and oxygen atoms in total. The molecule has 2 rings (SSSR count). The Morgan fingerprint density at radius 3 is 3.19 bits per heavy atom. The highest BCUT2D eigenvalue weighted by Crippen LogP contribution is 2.34. The first-order chi connectivity index (χ1) is 7.90. The first-order valence-electron chi connectivity index (χ1n) is 5.62. The van der Waals surface area contributed by atoms with Gasteiger partial charge in [-0.3, -0.25) is 0 Å². The van der Waals surface area contributed by atoms with E-state index in [2.05, 4.69) is 22.2 Å². The second-order valence-corrected chi connectivity index (χ2v) is 6.08. The van der Waals surface area contributed by atoms with Crippen LogP contribution in [0, 0.1) is 0 Å². The van der Waals surface area contributed by atoms with Crippen molar-refractivity contribution in [1.29, 1.82) is 0 Å². The van der Waals surface area contributed by atoms with E-state index >= 15 is 0 Å². The number of rotatable bonds is 4. The van der Waals surface area contributed by atoms with Crippen LogP contribution in [0.25, 0.3) is 0 Å². The Hall–Kier alpha value is -0.260. The van der Waals surface area contributed by atoms with Crippen molar-refractivity contribution in [2.24, 2.45) is 0 Å². The minimum Gasteiger partial charge on any atom is -0.311 e. The summed E-state index contributed by atoms with van der Waals surface area (Å²) in [6.07, 6.45) is 1.88. The standard InChI is InChI=1S/C11H17N3S2/c1-2-12-7-9-3-4-13-11(14-9)10-8-15-5-6-16-10/h3-4,10,12H,2,5-8H2,1H3. The lowest BCUT2D eigenvalue weighted by Gasteiger charge is -2.19. The topological polar surface area (TPSA) is 37.8 Å². The third kappa shape index (κ3) is 3.37. The van der Waals surface area contributed by atoms with Crippen molar-refractivity contribution >= 4 is 23.5 Å². The van der Waals surface area contributed by atoms with E-state index in [0.717, 1.165) is 30.4 Å². The fourth-order valence-electron chi connectivity index (χ4n) is 1.56. The molecule has 0 aromatic carbocycles. The minimum atomic E-state index is 0.486. The average Bonchev–Trinajstić information content (AvgIpc) is 2.38. The lowest BCUT2D eigenvalue weighted by Crippen LogP contribution is -2.15. The predicted molar refractivity (Wildman–Crippen MR) is 71.9 cm³/mol. The molecule has 1 saturated heterocycles. The molecule has 88 valence electrons. The van der Waals surface area contributed by atoms with Crippen molar-refractivity contribution in [3.05, 3.63) is 23.8 Å². The third-order valence-electron chi connectivity index (χ3n) is 2.39. The van der Waals surface area contributed by atoms with E-state index < -0.39 is 0 Å². The molecule has 0 radical (unpaired) electrons. The molecule has 16 heavy (non-hydrogen) atoms. The van der Waals surface area contributed by atoms with Crippen LogP contribution in [0.3, 0.4) is 0 Å². The predicted octanol–water partition coefficient (Wildman–Crippen LogP) is 2.11. The van der Waals surface area contributed by atoms with Crippen molar-refractivity contribution < 1.29 is 0 Å². The second-order valence-electron chi connectivity index (χ2n) is 3.62. The van der Waals surface area contributed by atoms with Gasteiger partial charge in [0.05, 0.1) is 10.9 Å². The molecule has 1 aliphatic rings. The summed E-state index contributed by atoms with van der Waals surface area (Å²) < 4.78 is 0. The van der Waals surface area contributed by atoms with Gasteiger partial charge < -0.3 is 5.32 Å². The van der Waals surface area contributed by atoms with E-state index in [-0.39, 0.29) is 0 Å². The van der Waals surface area contributed by atoms with Gasteiger partial charge in [0.1, 0.15) is 5.82 Å². The van der Waals surface area contributed by atoms with Crippen molar-refractivity contribution in [3.63, 3.8) is 0 Å². The van der Waals surface area contributed by atoms with Gasteiger partial charge in [-0.25, -0.2) is 9.97 Å². The molecule has 1 aliphatic heterocycles. The number of nitrogens with one attached hydrogen (secondary N) is 1. The molecule has 1 fully saturated rings. The highest BCUT2D eigenvalue weighted by atomic mass is 32.2. The van der Waals surface area contributed by atoms with Gasteiger partial charge >= 0.3 is 0 Å². The van der Waals surface area contributed by atoms with Crippen LogP contribution < -0.4 is 5.32 Å². The van der Waals surface area contributed by atoms with E-state index in [0.29, 0.717) is 5.25 Å². The lowest BCUT2D eigenvalue weighted by molar-refractivity contribution is 0.701. The zero-order valence-electron chi connectivity index (χ0n) is 9.48. The van der Waals surface area contributed by atoms with Crippen LogP contribution in [0.4, 0.5) is 0 Å². The monoisotopic (exact) mass is 255 g/mol. The minimum absolute atomic E-state index is 0.486. The molecule has 0 saturated carbocycles. The first kappa shape index (κ1) is 12.2. The number of aromatic nitrogens is 2. The van der Waals surface area contributed by atoms with Crippen LogP contribution in [0.15, 0.2) is 12.3 Å². The summed E-state index contributed by atoms with van der Waals surface area (Å²) in [5, 5.41) is 3.78. The maximum atomic E-state index is 4.63. The smallest absolute Gasteiger partial charge is 0.142 e. The average molecular weight is 255 g/mol. The van der Waals surface area contributed by atoms with Gasteiger partial charge in [-0.15, -0.1) is 11.8 Å². The maximum Gasteiger partial charge on any atom is 0.142 e. The van der Waals surface area contributed by atoms with Crippen molar-refractivity contribution in [2.75, 3.05) is 23.8 Å². The molecule has 1 unspecified atom stereocenters. The SMILES string of the molecule is CCNCc1ccnc(C2CSCCS2)n1. The van der Waals surface area contributed by atoms with Crippen molar-refractivity contribution in [1.82, 2.24) is 15.3 Å². The summed E-state index contributed by atoms with van der Waals surface area (Å²) >= 11 is 3.99. The molecular formula is C11H17N3S2. The van der Waals surface area contributed by atoms with Crippen LogP contribution in [0.1, 0.15) is 23.7 Å². The van der Waals surface area contributed by atoms with Crippen molar-refractivity contribution in [2.45, 2.75) is 18.7 Å². The zero-order chi connectivity index (χ0) is 11.2. The van der Waals surface area contributed by atoms with Crippen LogP contribution in [0.2, 0.25) is 0 Å². The van der Waals surface area contributed by atoms with Gasteiger partial charge in [0.25, 0.3) is 0 Å². The Balaban J connectivity index is 2.02. The van der Waals surface area contributed by atoms with Crippen LogP contribution >= 0.6 is 23.5 Å². The maximum absolute atomic E-state index is 4.63. The molecule has 1 aromatic heterocycles. The van der Waals surface area contributed by atoms with Gasteiger partial charge in [-0.05, 0) is 12.6 Å². The quantitative estimate of drug-likeness (QED) is 0.892. The summed E-state index contributed by atoms with van der Waals surface area (Å²) in [6.45, 7) is 3.93. The van der Waals surface area contributed by atoms with E-state index in [1.165, 1.54) is 11.5 Å². The summed E-state index contributed by atoms with van der Waals surface area (Å²) in [4.78, 5) is 9.02. The molecule has 0 bridgehead atoms. The lowest BCUT2D eigenvalue weighted by atomic mass is 10.3.